The predicted octanol–water partition coefficient (Wildman–Crippen LogP) is 0.606. The number of carboxylic acids is 2. The lowest BCUT2D eigenvalue weighted by Crippen LogP contribution is -2.53. The van der Waals surface area contributed by atoms with E-state index in [4.69, 9.17) is 16.6 Å². The summed E-state index contributed by atoms with van der Waals surface area (Å²) in [4.78, 5) is 67.2. The molecule has 0 saturated carbocycles. The molecule has 2 aromatic carbocycles. The molecule has 4 rings (SSSR count). The van der Waals surface area contributed by atoms with Gasteiger partial charge >= 0.3 is 11.9 Å². The Bertz CT molecular complexity index is 1650. The van der Waals surface area contributed by atoms with Crippen molar-refractivity contribution >= 4 is 52.4 Å². The normalized spacial score (nSPS) is 12.2. The van der Waals surface area contributed by atoms with Crippen LogP contribution in [0.2, 0.25) is 0 Å². The molecular formula is C28H29N9O6. The number of nitrogens with one attached hydrogen (secondary N) is 2. The summed E-state index contributed by atoms with van der Waals surface area (Å²) in [7, 11) is 1.82. The minimum Gasteiger partial charge on any atom is -0.481 e. The van der Waals surface area contributed by atoms with Crippen molar-refractivity contribution in [2.45, 2.75) is 31.5 Å². The number of anilines is 3. The van der Waals surface area contributed by atoms with Crippen molar-refractivity contribution in [3.8, 4) is 0 Å². The predicted molar refractivity (Wildman–Crippen MR) is 156 cm³/mol. The fraction of sp³-hybridized carbons (Fsp3) is 0.214. The van der Waals surface area contributed by atoms with Crippen LogP contribution in [0, 0.1) is 0 Å². The Morgan fingerprint density at radius 3 is 2.26 bits per heavy atom. The highest BCUT2D eigenvalue weighted by Crippen LogP contribution is 2.19. The molecule has 2 atom stereocenters. The van der Waals surface area contributed by atoms with Gasteiger partial charge in [0, 0.05) is 24.7 Å². The summed E-state index contributed by atoms with van der Waals surface area (Å²) >= 11 is 0. The van der Waals surface area contributed by atoms with Crippen LogP contribution in [0.4, 0.5) is 17.5 Å². The second kappa shape index (κ2) is 13.2. The number of hydrogen-bond acceptors (Lipinski definition) is 11. The lowest BCUT2D eigenvalue weighted by atomic mass is 10.0. The summed E-state index contributed by atoms with van der Waals surface area (Å²) in [6.45, 7) is 0.346. The maximum absolute atomic E-state index is 13.1. The Hall–Kier alpha value is -5.86. The average Bonchev–Trinajstić information content (AvgIpc) is 2.97. The Morgan fingerprint density at radius 2 is 1.60 bits per heavy atom. The van der Waals surface area contributed by atoms with Crippen LogP contribution in [0.1, 0.15) is 28.0 Å². The lowest BCUT2D eigenvalue weighted by molar-refractivity contribution is -0.147. The molecule has 0 aliphatic rings. The molecule has 2 amide bonds. The van der Waals surface area contributed by atoms with Gasteiger partial charge in [0.15, 0.2) is 17.0 Å². The Balaban J connectivity index is 1.46. The number of benzene rings is 2. The molecule has 15 heteroatoms. The van der Waals surface area contributed by atoms with Crippen LogP contribution in [0.5, 0.6) is 0 Å². The summed E-state index contributed by atoms with van der Waals surface area (Å²) in [5, 5.41) is 23.2. The van der Waals surface area contributed by atoms with Crippen molar-refractivity contribution in [3.63, 3.8) is 0 Å². The highest BCUT2D eigenvalue weighted by Gasteiger charge is 2.28. The van der Waals surface area contributed by atoms with E-state index in [1.807, 2.05) is 11.9 Å². The first-order valence-corrected chi connectivity index (χ1v) is 13.0. The quantitative estimate of drug-likeness (QED) is 0.133. The highest BCUT2D eigenvalue weighted by molar-refractivity contribution is 5.98. The number of rotatable bonds is 12. The van der Waals surface area contributed by atoms with E-state index in [-0.39, 0.29) is 29.4 Å². The van der Waals surface area contributed by atoms with Crippen molar-refractivity contribution in [2.24, 2.45) is 0 Å². The van der Waals surface area contributed by atoms with Crippen LogP contribution in [0.25, 0.3) is 11.2 Å². The van der Waals surface area contributed by atoms with Crippen molar-refractivity contribution in [1.82, 2.24) is 30.6 Å². The van der Waals surface area contributed by atoms with E-state index < -0.39 is 42.3 Å². The molecule has 2 aromatic heterocycles. The molecule has 0 spiro atoms. The first-order valence-electron chi connectivity index (χ1n) is 13.0. The van der Waals surface area contributed by atoms with E-state index in [2.05, 4.69) is 30.6 Å². The van der Waals surface area contributed by atoms with Crippen LogP contribution in [0.3, 0.4) is 0 Å². The van der Waals surface area contributed by atoms with Crippen molar-refractivity contribution in [3.05, 3.63) is 77.6 Å². The van der Waals surface area contributed by atoms with E-state index in [1.54, 1.807) is 60.8 Å². The van der Waals surface area contributed by atoms with Gasteiger partial charge in [0.25, 0.3) is 5.91 Å². The van der Waals surface area contributed by atoms with Gasteiger partial charge in [-0.15, -0.1) is 0 Å². The minimum absolute atomic E-state index is 0.00273. The number of aromatic nitrogens is 4. The van der Waals surface area contributed by atoms with Gasteiger partial charge in [0.05, 0.1) is 24.9 Å². The maximum atomic E-state index is 13.1. The summed E-state index contributed by atoms with van der Waals surface area (Å²) in [6, 6.07) is 12.5. The van der Waals surface area contributed by atoms with Crippen LogP contribution in [-0.4, -0.2) is 73.0 Å². The number of nitrogens with two attached hydrogens (primary N) is 2. The number of nitrogen functional groups attached to an aromatic ring is 2. The van der Waals surface area contributed by atoms with Gasteiger partial charge in [0.1, 0.15) is 12.1 Å². The second-order valence-electron chi connectivity index (χ2n) is 9.62. The standard InChI is InChI=1S/C28H29N9O6/c1-37(14-17-13-31-24-22(32-17)23(29)35-28(30)36-24)18-9-7-16(8-10-18)25(40)33-19(11-15-5-3-2-4-6-15)26(41)34-20(27(42)43)12-21(38)39/h2-10,13,19-20H,11-12,14H2,1H3,(H,33,40)(H,34,41)(H,38,39)(H,42,43)(H4,29,30,31,35,36)/t19-,20-/m0/s1. The smallest absolute Gasteiger partial charge is 0.326 e. The van der Waals surface area contributed by atoms with Crippen molar-refractivity contribution < 1.29 is 29.4 Å². The van der Waals surface area contributed by atoms with E-state index in [9.17, 15) is 24.3 Å². The zero-order chi connectivity index (χ0) is 31.1. The van der Waals surface area contributed by atoms with Crippen LogP contribution in [0.15, 0.2) is 60.8 Å². The molecule has 222 valence electrons. The summed E-state index contributed by atoms with van der Waals surface area (Å²) in [5.41, 5.74) is 14.4. The molecule has 0 bridgehead atoms. The Morgan fingerprint density at radius 1 is 0.907 bits per heavy atom. The average molecular weight is 588 g/mol. The van der Waals surface area contributed by atoms with Crippen LogP contribution < -0.4 is 27.0 Å². The molecule has 0 fully saturated rings. The van der Waals surface area contributed by atoms with Gasteiger partial charge in [-0.1, -0.05) is 30.3 Å². The monoisotopic (exact) mass is 587 g/mol. The number of nitrogens with zero attached hydrogens (tertiary/aromatic N) is 5. The SMILES string of the molecule is CN(Cc1cnc2nc(N)nc(N)c2n1)c1ccc(C(=O)N[C@@H](Cc2ccccc2)C(=O)N[C@@H](CC(=O)O)C(=O)O)cc1. The largest absolute Gasteiger partial charge is 0.481 e. The number of carbonyl (C=O) groups is 4. The topological polar surface area (TPSA) is 240 Å². The van der Waals surface area contributed by atoms with Gasteiger partial charge in [0.2, 0.25) is 11.9 Å². The maximum Gasteiger partial charge on any atom is 0.326 e. The van der Waals surface area contributed by atoms with E-state index in [0.717, 1.165) is 5.69 Å². The van der Waals surface area contributed by atoms with E-state index in [0.29, 0.717) is 23.3 Å². The fourth-order valence-corrected chi connectivity index (χ4v) is 4.21. The second-order valence-corrected chi connectivity index (χ2v) is 9.62. The number of hydrogen-bond donors (Lipinski definition) is 6. The lowest BCUT2D eigenvalue weighted by Gasteiger charge is -2.22. The summed E-state index contributed by atoms with van der Waals surface area (Å²) < 4.78 is 0. The first kappa shape index (κ1) is 30.1. The molecule has 8 N–H and O–H groups in total. The molecule has 0 radical (unpaired) electrons. The Kier molecular flexibility index (Phi) is 9.24. The van der Waals surface area contributed by atoms with Crippen LogP contribution in [-0.2, 0) is 27.3 Å². The number of fused-ring (bicyclic) bond motifs is 1. The third kappa shape index (κ3) is 7.87. The van der Waals surface area contributed by atoms with Gasteiger partial charge < -0.3 is 37.2 Å². The fourth-order valence-electron chi connectivity index (χ4n) is 4.21. The van der Waals surface area contributed by atoms with Crippen molar-refractivity contribution in [2.75, 3.05) is 23.4 Å². The molecule has 0 saturated heterocycles. The molecule has 2 heterocycles. The zero-order valence-electron chi connectivity index (χ0n) is 23.0. The molecular weight excluding hydrogens is 558 g/mol. The Labute approximate surface area is 245 Å². The molecule has 0 unspecified atom stereocenters. The van der Waals surface area contributed by atoms with Crippen LogP contribution >= 0.6 is 0 Å². The number of amides is 2. The summed E-state index contributed by atoms with van der Waals surface area (Å²) in [5.74, 6) is -4.18. The minimum atomic E-state index is -1.66. The number of carbonyl (C=O) groups excluding carboxylic acids is 2. The molecule has 43 heavy (non-hydrogen) atoms. The highest BCUT2D eigenvalue weighted by atomic mass is 16.4. The first-order chi connectivity index (χ1) is 20.5. The number of carboxylic acid groups (broad SMARTS) is 2. The molecule has 0 aliphatic heterocycles. The van der Waals surface area contributed by atoms with Gasteiger partial charge in [-0.3, -0.25) is 14.4 Å². The van der Waals surface area contributed by atoms with Gasteiger partial charge in [-0.05, 0) is 29.8 Å². The summed E-state index contributed by atoms with van der Waals surface area (Å²) in [6.07, 6.45) is 0.784. The third-order valence-corrected chi connectivity index (χ3v) is 6.37. The zero-order valence-corrected chi connectivity index (χ0v) is 23.0. The molecule has 0 aliphatic carbocycles. The van der Waals surface area contributed by atoms with E-state index in [1.165, 1.54) is 0 Å². The molecule has 15 nitrogen and oxygen atoms in total. The van der Waals surface area contributed by atoms with Crippen molar-refractivity contribution in [1.29, 1.82) is 0 Å². The van der Waals surface area contributed by atoms with E-state index >= 15 is 0 Å². The third-order valence-electron chi connectivity index (χ3n) is 6.37. The molecule has 4 aromatic rings. The van der Waals surface area contributed by atoms with Gasteiger partial charge in [-0.2, -0.15) is 9.97 Å². The van der Waals surface area contributed by atoms with Gasteiger partial charge in [-0.25, -0.2) is 14.8 Å². The number of aliphatic carboxylic acids is 2.